The molecule has 0 aromatic heterocycles. The molecular formula is C10H11FN2O7S. The van der Waals surface area contributed by atoms with Crippen LogP contribution >= 0.6 is 0 Å². The van der Waals surface area contributed by atoms with E-state index in [1.54, 1.807) is 0 Å². The number of nitrogens with zero attached hydrogens (tertiary/aromatic N) is 1. The molecule has 21 heavy (non-hydrogen) atoms. The second kappa shape index (κ2) is 6.45. The van der Waals surface area contributed by atoms with Crippen LogP contribution in [0.1, 0.15) is 12.8 Å². The second-order valence-electron chi connectivity index (χ2n) is 3.90. The van der Waals surface area contributed by atoms with Gasteiger partial charge in [0.25, 0.3) is 5.69 Å². The molecule has 1 aromatic carbocycles. The van der Waals surface area contributed by atoms with E-state index in [-0.39, 0.29) is 19.4 Å². The third-order valence-corrected chi connectivity index (χ3v) is 3.21. The largest absolute Gasteiger partial charge is 0.489 e. The Balaban J connectivity index is 3.12. The van der Waals surface area contributed by atoms with E-state index < -0.39 is 43.1 Å². The van der Waals surface area contributed by atoms with Crippen LogP contribution in [0, 0.1) is 15.9 Å². The average Bonchev–Trinajstić information content (AvgIpc) is 2.33. The van der Waals surface area contributed by atoms with Gasteiger partial charge >= 0.3 is 5.97 Å². The number of non-ortho nitro benzene ring substituents is 1. The molecule has 0 amide bonds. The molecule has 0 bridgehead atoms. The Kier molecular flexibility index (Phi) is 5.16. The van der Waals surface area contributed by atoms with Gasteiger partial charge in [0.1, 0.15) is 4.90 Å². The number of nitrogens with two attached hydrogens (primary N) is 1. The second-order valence-corrected chi connectivity index (χ2v) is 5.43. The maximum atomic E-state index is 13.7. The summed E-state index contributed by atoms with van der Waals surface area (Å²) in [5.74, 6) is -3.15. The zero-order valence-corrected chi connectivity index (χ0v) is 11.3. The molecule has 0 spiro atoms. The Hall–Kier alpha value is -2.27. The number of carboxylic acid groups (broad SMARTS) is 1. The average molecular weight is 322 g/mol. The van der Waals surface area contributed by atoms with Crippen molar-refractivity contribution in [1.29, 1.82) is 0 Å². The van der Waals surface area contributed by atoms with Crippen LogP contribution in [0.3, 0.4) is 0 Å². The summed E-state index contributed by atoms with van der Waals surface area (Å²) in [5.41, 5.74) is -0.797. The van der Waals surface area contributed by atoms with Gasteiger partial charge in [-0.2, -0.15) is 0 Å². The monoisotopic (exact) mass is 322 g/mol. The summed E-state index contributed by atoms with van der Waals surface area (Å²) in [6.45, 7) is -0.288. The first-order valence-electron chi connectivity index (χ1n) is 5.48. The molecule has 1 rings (SSSR count). The zero-order valence-electron chi connectivity index (χ0n) is 10.5. The number of ether oxygens (including phenoxy) is 1. The molecule has 0 heterocycles. The highest BCUT2D eigenvalue weighted by molar-refractivity contribution is 7.89. The van der Waals surface area contributed by atoms with Crippen LogP contribution in [0.2, 0.25) is 0 Å². The van der Waals surface area contributed by atoms with Gasteiger partial charge in [0.05, 0.1) is 17.6 Å². The molecule has 3 N–H and O–H groups in total. The Morgan fingerprint density at radius 1 is 1.48 bits per heavy atom. The van der Waals surface area contributed by atoms with Crippen LogP contribution in [0.15, 0.2) is 17.0 Å². The zero-order chi connectivity index (χ0) is 16.2. The fourth-order valence-corrected chi connectivity index (χ4v) is 2.11. The SMILES string of the molecule is NS(=O)(=O)c1cc([N+](=O)[O-])cc(F)c1OCCCC(=O)O. The molecule has 9 nitrogen and oxygen atoms in total. The number of carboxylic acids is 1. The van der Waals surface area contributed by atoms with Crippen molar-refractivity contribution in [2.75, 3.05) is 6.61 Å². The van der Waals surface area contributed by atoms with Gasteiger partial charge in [0.15, 0.2) is 11.6 Å². The number of benzene rings is 1. The van der Waals surface area contributed by atoms with E-state index >= 15 is 0 Å². The number of nitro groups is 1. The summed E-state index contributed by atoms with van der Waals surface area (Å²) >= 11 is 0. The topological polar surface area (TPSA) is 150 Å². The molecule has 0 radical (unpaired) electrons. The highest BCUT2D eigenvalue weighted by atomic mass is 32.2. The minimum absolute atomic E-state index is 0.00415. The van der Waals surface area contributed by atoms with Crippen molar-refractivity contribution in [2.45, 2.75) is 17.7 Å². The lowest BCUT2D eigenvalue weighted by Crippen LogP contribution is -2.16. The minimum atomic E-state index is -4.45. The quantitative estimate of drug-likeness (QED) is 0.424. The molecule has 0 aliphatic carbocycles. The lowest BCUT2D eigenvalue weighted by Gasteiger charge is -2.10. The van der Waals surface area contributed by atoms with Gasteiger partial charge in [0, 0.05) is 12.5 Å². The number of halogens is 1. The lowest BCUT2D eigenvalue weighted by molar-refractivity contribution is -0.385. The highest BCUT2D eigenvalue weighted by Crippen LogP contribution is 2.31. The van der Waals surface area contributed by atoms with Crippen molar-refractivity contribution in [1.82, 2.24) is 0 Å². The summed E-state index contributed by atoms with van der Waals surface area (Å²) in [7, 11) is -4.45. The Morgan fingerprint density at radius 3 is 2.57 bits per heavy atom. The number of primary sulfonamides is 1. The van der Waals surface area contributed by atoms with Gasteiger partial charge in [-0.25, -0.2) is 17.9 Å². The van der Waals surface area contributed by atoms with Crippen LogP contribution in [0.25, 0.3) is 0 Å². The van der Waals surface area contributed by atoms with Crippen LogP contribution < -0.4 is 9.88 Å². The maximum absolute atomic E-state index is 13.7. The Morgan fingerprint density at radius 2 is 2.10 bits per heavy atom. The summed E-state index contributed by atoms with van der Waals surface area (Å²) in [5, 5.41) is 23.9. The van der Waals surface area contributed by atoms with Crippen molar-refractivity contribution in [3.63, 3.8) is 0 Å². The molecule has 116 valence electrons. The molecule has 0 fully saturated rings. The van der Waals surface area contributed by atoms with Crippen molar-refractivity contribution in [3.8, 4) is 5.75 Å². The van der Waals surface area contributed by atoms with E-state index in [4.69, 9.17) is 15.0 Å². The van der Waals surface area contributed by atoms with Gasteiger partial charge in [-0.1, -0.05) is 0 Å². The van der Waals surface area contributed by atoms with E-state index in [9.17, 15) is 27.7 Å². The third-order valence-electron chi connectivity index (χ3n) is 2.29. The van der Waals surface area contributed by atoms with Crippen molar-refractivity contribution >= 4 is 21.7 Å². The van der Waals surface area contributed by atoms with E-state index in [0.29, 0.717) is 12.1 Å². The number of hydrogen-bond donors (Lipinski definition) is 2. The predicted molar refractivity (Wildman–Crippen MR) is 66.8 cm³/mol. The normalized spacial score (nSPS) is 11.1. The number of aliphatic carboxylic acids is 1. The van der Waals surface area contributed by atoms with Crippen molar-refractivity contribution in [2.24, 2.45) is 5.14 Å². The number of carbonyl (C=O) groups is 1. The summed E-state index contributed by atoms with van der Waals surface area (Å²) in [6, 6.07) is 1.06. The fraction of sp³-hybridized carbons (Fsp3) is 0.300. The molecule has 1 aromatic rings. The number of rotatable bonds is 7. The van der Waals surface area contributed by atoms with E-state index in [1.807, 2.05) is 0 Å². The fourth-order valence-electron chi connectivity index (χ4n) is 1.41. The third kappa shape index (κ3) is 4.65. The molecule has 0 saturated carbocycles. The van der Waals surface area contributed by atoms with Gasteiger partial charge in [-0.15, -0.1) is 0 Å². The van der Waals surface area contributed by atoms with Crippen molar-refractivity contribution < 1.29 is 32.4 Å². The van der Waals surface area contributed by atoms with Crippen LogP contribution in [0.5, 0.6) is 5.75 Å². The summed E-state index contributed by atoms with van der Waals surface area (Å²) < 4.78 is 41.3. The first kappa shape index (κ1) is 16.8. The first-order chi connectivity index (χ1) is 9.62. The summed E-state index contributed by atoms with van der Waals surface area (Å²) in [4.78, 5) is 19.0. The number of sulfonamides is 1. The van der Waals surface area contributed by atoms with E-state index in [0.717, 1.165) is 0 Å². The van der Waals surface area contributed by atoms with Gasteiger partial charge in [-0.05, 0) is 6.42 Å². The smallest absolute Gasteiger partial charge is 0.303 e. The van der Waals surface area contributed by atoms with Crippen LogP contribution in [-0.2, 0) is 14.8 Å². The van der Waals surface area contributed by atoms with Gasteiger partial charge in [-0.3, -0.25) is 14.9 Å². The Bertz CT molecular complexity index is 674. The molecule has 0 aliphatic heterocycles. The lowest BCUT2D eigenvalue weighted by atomic mass is 10.3. The van der Waals surface area contributed by atoms with Gasteiger partial charge in [0.2, 0.25) is 10.0 Å². The number of nitro benzene ring substituents is 1. The van der Waals surface area contributed by atoms with Crippen molar-refractivity contribution in [3.05, 3.63) is 28.1 Å². The minimum Gasteiger partial charge on any atom is -0.489 e. The first-order valence-corrected chi connectivity index (χ1v) is 7.03. The predicted octanol–water partition coefficient (Wildman–Crippen LogP) is 0.625. The van der Waals surface area contributed by atoms with Crippen LogP contribution in [-0.4, -0.2) is 31.0 Å². The maximum Gasteiger partial charge on any atom is 0.303 e. The van der Waals surface area contributed by atoms with Crippen LogP contribution in [0.4, 0.5) is 10.1 Å². The van der Waals surface area contributed by atoms with Gasteiger partial charge < -0.3 is 9.84 Å². The molecule has 0 unspecified atom stereocenters. The van der Waals surface area contributed by atoms with E-state index in [1.165, 1.54) is 0 Å². The number of hydrogen-bond acceptors (Lipinski definition) is 6. The van der Waals surface area contributed by atoms with E-state index in [2.05, 4.69) is 0 Å². The Labute approximate surface area is 118 Å². The standard InChI is InChI=1S/C10H11FN2O7S/c11-7-4-6(13(16)17)5-8(21(12,18)19)10(7)20-3-1-2-9(14)15/h4-5H,1-3H2,(H,14,15)(H2,12,18,19). The highest BCUT2D eigenvalue weighted by Gasteiger charge is 2.24. The molecule has 11 heteroatoms. The summed E-state index contributed by atoms with van der Waals surface area (Å²) in [6.07, 6.45) is -0.269. The molecular weight excluding hydrogens is 311 g/mol. The molecule has 0 saturated heterocycles. The molecule has 0 aliphatic rings. The molecule has 0 atom stereocenters.